The first-order valence-corrected chi connectivity index (χ1v) is 8.50. The molecule has 1 aliphatic heterocycles. The van der Waals surface area contributed by atoms with E-state index in [9.17, 15) is 9.90 Å². The van der Waals surface area contributed by atoms with Crippen molar-refractivity contribution in [3.05, 3.63) is 41.7 Å². The Hall–Kier alpha value is -1.83. The van der Waals surface area contributed by atoms with Crippen LogP contribution in [0, 0.1) is 0 Å². The highest BCUT2D eigenvalue weighted by Gasteiger charge is 2.15. The maximum atomic E-state index is 12.2. The molecule has 5 nitrogen and oxygen atoms in total. The van der Waals surface area contributed by atoms with E-state index in [1.807, 2.05) is 13.1 Å². The van der Waals surface area contributed by atoms with Crippen molar-refractivity contribution >= 4 is 41.8 Å². The van der Waals surface area contributed by atoms with Crippen LogP contribution in [0.2, 0.25) is 0 Å². The third kappa shape index (κ3) is 2.55. The second-order valence-corrected chi connectivity index (χ2v) is 6.49. The number of aromatic hydroxyl groups is 1. The van der Waals surface area contributed by atoms with Gasteiger partial charge in [0.05, 0.1) is 6.04 Å². The molecule has 1 amide bonds. The van der Waals surface area contributed by atoms with Crippen molar-refractivity contribution in [1.29, 1.82) is 0 Å². The Labute approximate surface area is 126 Å². The van der Waals surface area contributed by atoms with Gasteiger partial charge in [0.1, 0.15) is 11.4 Å². The molecule has 1 aliphatic rings. The SMILES string of the molecule is CC(NC(=O)c1cc2cc(O)ccc2[nH]1)C1=CNI=C1. The summed E-state index contributed by atoms with van der Waals surface area (Å²) < 4.78 is 5.36. The number of halogens is 1. The second-order valence-electron chi connectivity index (χ2n) is 4.62. The highest BCUT2D eigenvalue weighted by Crippen LogP contribution is 2.20. The first kappa shape index (κ1) is 13.2. The van der Waals surface area contributed by atoms with Gasteiger partial charge in [-0.25, -0.2) is 0 Å². The van der Waals surface area contributed by atoms with E-state index in [1.165, 1.54) is 0 Å². The van der Waals surface area contributed by atoms with E-state index in [-0.39, 0.29) is 38.7 Å². The van der Waals surface area contributed by atoms with Crippen LogP contribution in [-0.2, 0) is 0 Å². The fourth-order valence-electron chi connectivity index (χ4n) is 2.04. The first-order valence-electron chi connectivity index (χ1n) is 6.17. The average molecular weight is 383 g/mol. The molecule has 0 saturated carbocycles. The zero-order chi connectivity index (χ0) is 14.1. The fraction of sp³-hybridized carbons (Fsp3) is 0.143. The number of aromatic nitrogens is 1. The van der Waals surface area contributed by atoms with Crippen LogP contribution >= 0.6 is 21.0 Å². The Kier molecular flexibility index (Phi) is 3.47. The van der Waals surface area contributed by atoms with Gasteiger partial charge in [-0.3, -0.25) is 4.79 Å². The number of H-pyrrole nitrogens is 1. The zero-order valence-electron chi connectivity index (χ0n) is 10.8. The number of fused-ring (bicyclic) bond motifs is 1. The largest absolute Gasteiger partial charge is 0.508 e. The summed E-state index contributed by atoms with van der Waals surface area (Å²) >= 11 is -0.0876. The van der Waals surface area contributed by atoms with Crippen molar-refractivity contribution in [2.45, 2.75) is 13.0 Å². The molecule has 0 aliphatic carbocycles. The molecule has 1 unspecified atom stereocenters. The molecule has 2 heterocycles. The molecule has 0 radical (unpaired) electrons. The van der Waals surface area contributed by atoms with E-state index in [1.54, 1.807) is 24.3 Å². The van der Waals surface area contributed by atoms with E-state index in [0.29, 0.717) is 5.69 Å². The lowest BCUT2D eigenvalue weighted by Crippen LogP contribution is -2.34. The quantitative estimate of drug-likeness (QED) is 0.485. The first-order chi connectivity index (χ1) is 9.63. The van der Waals surface area contributed by atoms with Crippen molar-refractivity contribution in [3.8, 4) is 5.75 Å². The molecule has 3 rings (SSSR count). The lowest BCUT2D eigenvalue weighted by Gasteiger charge is -2.12. The molecular weight excluding hydrogens is 369 g/mol. The van der Waals surface area contributed by atoms with E-state index in [4.69, 9.17) is 0 Å². The van der Waals surface area contributed by atoms with Gasteiger partial charge in [-0.05, 0) is 61.8 Å². The van der Waals surface area contributed by atoms with Gasteiger partial charge in [-0.1, -0.05) is 0 Å². The normalized spacial score (nSPS) is 15.3. The summed E-state index contributed by atoms with van der Waals surface area (Å²) in [4.78, 5) is 15.3. The Morgan fingerprint density at radius 2 is 2.25 bits per heavy atom. The van der Waals surface area contributed by atoms with Crippen LogP contribution in [0.1, 0.15) is 17.4 Å². The van der Waals surface area contributed by atoms with Crippen LogP contribution in [-0.4, -0.2) is 26.1 Å². The standard InChI is InChI=1S/C14H14IN3O2/c1-8(10-6-15-16-7-10)17-14(20)13-5-9-4-11(19)2-3-12(9)18-13/h2-8,16,18-19H,1H3,(H,17,20). The van der Waals surface area contributed by atoms with Gasteiger partial charge in [-0.2, -0.15) is 0 Å². The molecule has 1 atom stereocenters. The number of aromatic amines is 1. The number of carbonyl (C=O) groups excluding carboxylic acids is 1. The maximum absolute atomic E-state index is 12.2. The van der Waals surface area contributed by atoms with Gasteiger partial charge in [0, 0.05) is 17.1 Å². The van der Waals surface area contributed by atoms with Crippen LogP contribution in [0.4, 0.5) is 0 Å². The van der Waals surface area contributed by atoms with E-state index in [2.05, 4.69) is 17.8 Å². The summed E-state index contributed by atoms with van der Waals surface area (Å²) in [5, 5.41) is 13.2. The smallest absolute Gasteiger partial charge is 0.268 e. The zero-order valence-corrected chi connectivity index (χ0v) is 12.9. The van der Waals surface area contributed by atoms with Crippen LogP contribution in [0.25, 0.3) is 10.9 Å². The minimum atomic E-state index is -0.146. The van der Waals surface area contributed by atoms with Gasteiger partial charge in [0.15, 0.2) is 0 Å². The number of phenolic OH excluding ortho intramolecular Hbond substituents is 1. The van der Waals surface area contributed by atoms with Gasteiger partial charge in [-0.15, -0.1) is 0 Å². The van der Waals surface area contributed by atoms with Crippen molar-refractivity contribution in [3.63, 3.8) is 0 Å². The Morgan fingerprint density at radius 3 is 3.00 bits per heavy atom. The third-order valence-electron chi connectivity index (χ3n) is 3.16. The number of benzene rings is 1. The average Bonchev–Trinajstić information content (AvgIpc) is 3.07. The molecule has 104 valence electrons. The van der Waals surface area contributed by atoms with E-state index in [0.717, 1.165) is 16.5 Å². The van der Waals surface area contributed by atoms with Crippen LogP contribution in [0.5, 0.6) is 5.75 Å². The molecule has 0 saturated heterocycles. The summed E-state index contributed by atoms with van der Waals surface area (Å²) in [5.41, 5.74) is 2.46. The minimum Gasteiger partial charge on any atom is -0.508 e. The predicted octanol–water partition coefficient (Wildman–Crippen LogP) is 2.17. The highest BCUT2D eigenvalue weighted by molar-refractivity contribution is 14.2. The van der Waals surface area contributed by atoms with Crippen molar-refractivity contribution in [2.24, 2.45) is 0 Å². The minimum absolute atomic E-state index is 0.0167. The van der Waals surface area contributed by atoms with Crippen LogP contribution < -0.4 is 8.85 Å². The summed E-state index contributed by atoms with van der Waals surface area (Å²) in [6, 6.07) is 6.71. The summed E-state index contributed by atoms with van der Waals surface area (Å²) in [7, 11) is 0. The Bertz CT molecular complexity index is 733. The fourth-order valence-corrected chi connectivity index (χ4v) is 3.84. The van der Waals surface area contributed by atoms with E-state index >= 15 is 0 Å². The molecule has 4 N–H and O–H groups in total. The monoisotopic (exact) mass is 383 g/mol. The van der Waals surface area contributed by atoms with E-state index < -0.39 is 0 Å². The topological polar surface area (TPSA) is 77.2 Å². The van der Waals surface area contributed by atoms with Crippen LogP contribution in [0.15, 0.2) is 36.0 Å². The summed E-state index contributed by atoms with van der Waals surface area (Å²) in [6.07, 6.45) is 1.96. The number of carbonyl (C=O) groups is 1. The number of hydrogen-bond donors (Lipinski definition) is 4. The highest BCUT2D eigenvalue weighted by atomic mass is 127. The third-order valence-corrected chi connectivity index (χ3v) is 4.86. The molecule has 20 heavy (non-hydrogen) atoms. The number of phenols is 1. The lowest BCUT2D eigenvalue weighted by molar-refractivity contribution is 0.0942. The van der Waals surface area contributed by atoms with Crippen LogP contribution in [0.3, 0.4) is 0 Å². The molecule has 1 aromatic heterocycles. The molecule has 6 heteroatoms. The van der Waals surface area contributed by atoms with Crippen molar-refractivity contribution in [1.82, 2.24) is 13.8 Å². The lowest BCUT2D eigenvalue weighted by atomic mass is 10.1. The maximum Gasteiger partial charge on any atom is 0.268 e. The predicted molar refractivity (Wildman–Crippen MR) is 88.2 cm³/mol. The number of nitrogens with one attached hydrogen (secondary N) is 3. The molecule has 1 aromatic carbocycles. The van der Waals surface area contributed by atoms with Crippen molar-refractivity contribution < 1.29 is 9.90 Å². The summed E-state index contributed by atoms with van der Waals surface area (Å²) in [5.74, 6) is 0.0464. The van der Waals surface area contributed by atoms with Crippen molar-refractivity contribution in [2.75, 3.05) is 0 Å². The van der Waals surface area contributed by atoms with Gasteiger partial charge < -0.3 is 18.9 Å². The number of amides is 1. The number of hydrogen-bond acceptors (Lipinski definition) is 3. The van der Waals surface area contributed by atoms with Gasteiger partial charge in [0.2, 0.25) is 0 Å². The Morgan fingerprint density at radius 1 is 1.40 bits per heavy atom. The molecule has 0 bridgehead atoms. The van der Waals surface area contributed by atoms with Gasteiger partial charge >= 0.3 is 0 Å². The molecule has 2 aromatic rings. The molecule has 0 spiro atoms. The molecule has 0 fully saturated rings. The summed E-state index contributed by atoms with van der Waals surface area (Å²) in [6.45, 7) is 1.96. The second kappa shape index (κ2) is 5.28. The number of rotatable bonds is 3. The van der Waals surface area contributed by atoms with Gasteiger partial charge in [0.25, 0.3) is 5.91 Å². The molecular formula is C14H14IN3O2. The Balaban J connectivity index is 1.80.